The van der Waals surface area contributed by atoms with E-state index in [0.29, 0.717) is 5.92 Å². The minimum absolute atomic E-state index is 0.173. The molecule has 0 radical (unpaired) electrons. The van der Waals surface area contributed by atoms with Crippen molar-refractivity contribution in [1.82, 2.24) is 0 Å². The molecule has 1 aliphatic rings. The van der Waals surface area contributed by atoms with Crippen LogP contribution in [0.4, 0.5) is 5.69 Å². The van der Waals surface area contributed by atoms with E-state index in [1.54, 1.807) is 0 Å². The van der Waals surface area contributed by atoms with Crippen molar-refractivity contribution in [2.75, 3.05) is 5.32 Å². The van der Waals surface area contributed by atoms with Crippen molar-refractivity contribution in [2.24, 2.45) is 11.8 Å². The number of hydrogen-bond donors (Lipinski definition) is 1. The normalized spacial score (nSPS) is 23.6. The molecular weight excluding hydrogens is 186 g/mol. The molecule has 0 heterocycles. The van der Waals surface area contributed by atoms with E-state index in [9.17, 15) is 4.79 Å². The van der Waals surface area contributed by atoms with E-state index in [4.69, 9.17) is 0 Å². The molecule has 0 aliphatic heterocycles. The van der Waals surface area contributed by atoms with Gasteiger partial charge in [-0.05, 0) is 36.5 Å². The molecule has 1 aromatic carbocycles. The fraction of sp³-hybridized carbons (Fsp3) is 0.462. The number of nitrogens with one attached hydrogen (secondary N) is 1. The fourth-order valence-electron chi connectivity index (χ4n) is 1.75. The lowest BCUT2D eigenvalue weighted by molar-refractivity contribution is -0.117. The second-order valence-electron chi connectivity index (χ2n) is 4.36. The number of benzene rings is 1. The molecule has 0 aromatic heterocycles. The van der Waals surface area contributed by atoms with Gasteiger partial charge in [-0.3, -0.25) is 4.79 Å². The van der Waals surface area contributed by atoms with E-state index in [0.717, 1.165) is 18.5 Å². The van der Waals surface area contributed by atoms with Gasteiger partial charge >= 0.3 is 0 Å². The predicted molar refractivity (Wildman–Crippen MR) is 61.7 cm³/mol. The Morgan fingerprint density at radius 3 is 2.47 bits per heavy atom. The summed E-state index contributed by atoms with van der Waals surface area (Å²) in [5.41, 5.74) is 2.21. The number of carbonyl (C=O) groups excluding carboxylic acids is 1. The van der Waals surface area contributed by atoms with Crippen LogP contribution in [0.2, 0.25) is 0 Å². The van der Waals surface area contributed by atoms with Gasteiger partial charge in [-0.2, -0.15) is 0 Å². The minimum Gasteiger partial charge on any atom is -0.326 e. The zero-order valence-electron chi connectivity index (χ0n) is 9.29. The summed E-state index contributed by atoms with van der Waals surface area (Å²) in [6, 6.07) is 8.07. The second kappa shape index (κ2) is 4.05. The summed E-state index contributed by atoms with van der Waals surface area (Å²) >= 11 is 0. The van der Waals surface area contributed by atoms with Gasteiger partial charge in [0.15, 0.2) is 0 Å². The second-order valence-corrected chi connectivity index (χ2v) is 4.36. The maximum atomic E-state index is 11.6. The van der Waals surface area contributed by atoms with Crippen LogP contribution in [0.25, 0.3) is 0 Å². The summed E-state index contributed by atoms with van der Waals surface area (Å²) in [7, 11) is 0. The number of amides is 1. The van der Waals surface area contributed by atoms with Crippen LogP contribution < -0.4 is 5.32 Å². The Balaban J connectivity index is 1.95. The van der Waals surface area contributed by atoms with Crippen molar-refractivity contribution in [2.45, 2.75) is 26.7 Å². The molecule has 2 rings (SSSR count). The van der Waals surface area contributed by atoms with Crippen molar-refractivity contribution in [1.29, 1.82) is 0 Å². The van der Waals surface area contributed by atoms with Crippen LogP contribution in [0.3, 0.4) is 0 Å². The highest BCUT2D eigenvalue weighted by atomic mass is 16.2. The SMILES string of the molecule is CCc1ccc(NC(=O)C2CC2C)cc1. The summed E-state index contributed by atoms with van der Waals surface area (Å²) in [4.78, 5) is 11.6. The van der Waals surface area contributed by atoms with Crippen LogP contribution in [-0.4, -0.2) is 5.91 Å². The molecule has 0 bridgehead atoms. The maximum Gasteiger partial charge on any atom is 0.227 e. The summed E-state index contributed by atoms with van der Waals surface area (Å²) in [5.74, 6) is 0.988. The van der Waals surface area contributed by atoms with Crippen LogP contribution in [0.1, 0.15) is 25.8 Å². The van der Waals surface area contributed by atoms with Gasteiger partial charge in [0, 0.05) is 11.6 Å². The third-order valence-electron chi connectivity index (χ3n) is 3.08. The summed E-state index contributed by atoms with van der Waals surface area (Å²) in [6.07, 6.45) is 2.08. The highest BCUT2D eigenvalue weighted by Gasteiger charge is 2.38. The van der Waals surface area contributed by atoms with Crippen LogP contribution in [0.15, 0.2) is 24.3 Å². The molecule has 2 nitrogen and oxygen atoms in total. The lowest BCUT2D eigenvalue weighted by Gasteiger charge is -2.05. The molecule has 1 aromatic rings. The van der Waals surface area contributed by atoms with Crippen LogP contribution in [-0.2, 0) is 11.2 Å². The lowest BCUT2D eigenvalue weighted by atomic mass is 10.1. The van der Waals surface area contributed by atoms with Crippen LogP contribution in [0.5, 0.6) is 0 Å². The van der Waals surface area contributed by atoms with Crippen molar-refractivity contribution < 1.29 is 4.79 Å². The zero-order chi connectivity index (χ0) is 10.8. The monoisotopic (exact) mass is 203 g/mol. The first kappa shape index (κ1) is 10.2. The third kappa shape index (κ3) is 2.38. The first-order valence-corrected chi connectivity index (χ1v) is 5.60. The summed E-state index contributed by atoms with van der Waals surface area (Å²) in [6.45, 7) is 4.24. The van der Waals surface area contributed by atoms with E-state index in [1.165, 1.54) is 5.56 Å². The molecule has 1 N–H and O–H groups in total. The quantitative estimate of drug-likeness (QED) is 0.804. The van der Waals surface area contributed by atoms with E-state index in [1.807, 2.05) is 12.1 Å². The van der Waals surface area contributed by atoms with Crippen molar-refractivity contribution in [3.8, 4) is 0 Å². The third-order valence-corrected chi connectivity index (χ3v) is 3.08. The Hall–Kier alpha value is -1.31. The molecule has 15 heavy (non-hydrogen) atoms. The largest absolute Gasteiger partial charge is 0.326 e. The molecular formula is C13H17NO. The van der Waals surface area contributed by atoms with Crippen molar-refractivity contribution in [3.63, 3.8) is 0 Å². The summed E-state index contributed by atoms with van der Waals surface area (Å²) < 4.78 is 0. The average molecular weight is 203 g/mol. The molecule has 1 amide bonds. The van der Waals surface area contributed by atoms with Gasteiger partial charge in [-0.25, -0.2) is 0 Å². The summed E-state index contributed by atoms with van der Waals surface area (Å²) in [5, 5.41) is 2.95. The molecule has 1 fully saturated rings. The number of hydrogen-bond acceptors (Lipinski definition) is 1. The topological polar surface area (TPSA) is 29.1 Å². The van der Waals surface area contributed by atoms with Gasteiger partial charge < -0.3 is 5.32 Å². The number of rotatable bonds is 3. The molecule has 1 aliphatic carbocycles. The molecule has 0 saturated heterocycles. The Kier molecular flexibility index (Phi) is 2.76. The van der Waals surface area contributed by atoms with Crippen LogP contribution >= 0.6 is 0 Å². The standard InChI is InChI=1S/C13H17NO/c1-3-10-4-6-11(7-5-10)14-13(15)12-8-9(12)2/h4-7,9,12H,3,8H2,1-2H3,(H,14,15). The highest BCUT2D eigenvalue weighted by molar-refractivity contribution is 5.94. The van der Waals surface area contributed by atoms with Gasteiger partial charge in [0.25, 0.3) is 0 Å². The van der Waals surface area contributed by atoms with E-state index < -0.39 is 0 Å². The lowest BCUT2D eigenvalue weighted by Crippen LogP contribution is -2.14. The maximum absolute atomic E-state index is 11.6. The molecule has 0 spiro atoms. The minimum atomic E-state index is 0.173. The fourth-order valence-corrected chi connectivity index (χ4v) is 1.75. The van der Waals surface area contributed by atoms with Gasteiger partial charge in [0.1, 0.15) is 0 Å². The number of anilines is 1. The number of carbonyl (C=O) groups is 1. The molecule has 80 valence electrons. The van der Waals surface area contributed by atoms with E-state index >= 15 is 0 Å². The molecule has 2 heteroatoms. The Morgan fingerprint density at radius 1 is 1.40 bits per heavy atom. The Morgan fingerprint density at radius 2 is 2.00 bits per heavy atom. The van der Waals surface area contributed by atoms with Crippen molar-refractivity contribution >= 4 is 11.6 Å². The first-order valence-electron chi connectivity index (χ1n) is 5.60. The molecule has 2 unspecified atom stereocenters. The molecule has 1 saturated carbocycles. The smallest absolute Gasteiger partial charge is 0.227 e. The Labute approximate surface area is 90.7 Å². The number of aryl methyl sites for hydroxylation is 1. The van der Waals surface area contributed by atoms with Gasteiger partial charge in [-0.15, -0.1) is 0 Å². The highest BCUT2D eigenvalue weighted by Crippen LogP contribution is 2.38. The van der Waals surface area contributed by atoms with Crippen molar-refractivity contribution in [3.05, 3.63) is 29.8 Å². The van der Waals surface area contributed by atoms with Gasteiger partial charge in [-0.1, -0.05) is 26.0 Å². The van der Waals surface area contributed by atoms with Crippen LogP contribution in [0, 0.1) is 11.8 Å². The zero-order valence-corrected chi connectivity index (χ0v) is 9.29. The Bertz CT molecular complexity index is 355. The van der Waals surface area contributed by atoms with Gasteiger partial charge in [0.2, 0.25) is 5.91 Å². The van der Waals surface area contributed by atoms with E-state index in [-0.39, 0.29) is 11.8 Å². The first-order chi connectivity index (χ1) is 7.20. The average Bonchev–Trinajstić information content (AvgIpc) is 2.97. The molecule has 2 atom stereocenters. The predicted octanol–water partition coefficient (Wildman–Crippen LogP) is 2.84. The van der Waals surface area contributed by atoms with E-state index in [2.05, 4.69) is 31.3 Å². The van der Waals surface area contributed by atoms with Gasteiger partial charge in [0.05, 0.1) is 0 Å².